The average molecular weight is 892 g/mol. The Labute approximate surface area is 385 Å². The first kappa shape index (κ1) is 48.1. The minimum atomic E-state index is -1.22. The Kier molecular flexibility index (Phi) is 17.9. The molecule has 2 aliphatic rings. The van der Waals surface area contributed by atoms with E-state index < -0.39 is 59.7 Å². The third-order valence-corrected chi connectivity index (χ3v) is 11.5. The van der Waals surface area contributed by atoms with Crippen LogP contribution in [0.15, 0.2) is 140 Å². The summed E-state index contributed by atoms with van der Waals surface area (Å²) in [6.07, 6.45) is 1.83. The van der Waals surface area contributed by atoms with Crippen LogP contribution in [0.4, 0.5) is 5.69 Å². The number of unbranched alkanes of at least 4 members (excludes halogenated alkanes) is 2. The van der Waals surface area contributed by atoms with Gasteiger partial charge in [-0.15, -0.1) is 0 Å². The topological polar surface area (TPSA) is 200 Å². The van der Waals surface area contributed by atoms with Crippen molar-refractivity contribution in [3.8, 4) is 11.1 Å². The summed E-state index contributed by atoms with van der Waals surface area (Å²) in [5.41, 5.74) is 5.52. The number of aryl methyl sites for hydroxylation is 1. The fraction of sp³-hybridized carbons (Fsp3) is 0.302. The number of benzene rings is 5. The van der Waals surface area contributed by atoms with Gasteiger partial charge in [0.15, 0.2) is 5.78 Å². The second-order valence-corrected chi connectivity index (χ2v) is 16.7. The van der Waals surface area contributed by atoms with E-state index in [1.807, 2.05) is 115 Å². The van der Waals surface area contributed by atoms with Crippen molar-refractivity contribution in [3.05, 3.63) is 162 Å². The highest BCUT2D eigenvalue weighted by atomic mass is 16.4. The third kappa shape index (κ3) is 15.4. The zero-order valence-electron chi connectivity index (χ0n) is 36.9. The molecule has 0 aliphatic carbocycles. The maximum atomic E-state index is 14.7. The first-order valence-electron chi connectivity index (χ1n) is 22.5. The summed E-state index contributed by atoms with van der Waals surface area (Å²) in [7, 11) is 0. The first-order valence-corrected chi connectivity index (χ1v) is 22.5. The lowest BCUT2D eigenvalue weighted by Crippen LogP contribution is -2.58. The summed E-state index contributed by atoms with van der Waals surface area (Å²) >= 11 is 0. The van der Waals surface area contributed by atoms with Crippen molar-refractivity contribution in [1.82, 2.24) is 21.3 Å². The number of nitrogens with one attached hydrogen (secondary N) is 5. The standard InChI is InChI=1S/C53H57N5O8/c59-47(19-11-4-12-20-50(62)63)44-33-39-23-28-42(29-24-39)54-48(60)31-32-49(61)55-45(34-37-15-7-2-8-16-37)52(65)58-46(35-38-21-26-41(27-22-38)40-17-9-3-10-18-40)53(66)56-43(51(64)57-44)30-25-36-13-5-1-6-14-36/h1-3,5-10,13-18,21-24,26-29,43-46H,4,11-12,19-20,25,30-35H2,(H,54,60)(H,55,61)(H,56,66)(H,57,64)(H,58,65)(H,62,63)/t43-,44+,45-,46+/m1/s1. The van der Waals surface area contributed by atoms with Gasteiger partial charge in [-0.3, -0.25) is 33.6 Å². The van der Waals surface area contributed by atoms with E-state index >= 15 is 0 Å². The quantitative estimate of drug-likeness (QED) is 0.0521. The van der Waals surface area contributed by atoms with Crippen LogP contribution >= 0.6 is 0 Å². The smallest absolute Gasteiger partial charge is 0.303 e. The fourth-order valence-electron chi connectivity index (χ4n) is 7.86. The summed E-state index contributed by atoms with van der Waals surface area (Å²) in [4.78, 5) is 95.1. The van der Waals surface area contributed by atoms with Crippen molar-refractivity contribution in [2.45, 2.75) is 101 Å². The molecule has 13 heteroatoms. The number of carboxylic acids is 1. The predicted molar refractivity (Wildman–Crippen MR) is 252 cm³/mol. The molecule has 5 amide bonds. The van der Waals surface area contributed by atoms with E-state index in [-0.39, 0.29) is 57.1 Å². The highest BCUT2D eigenvalue weighted by Gasteiger charge is 2.32. The van der Waals surface area contributed by atoms with Crippen molar-refractivity contribution in [2.75, 3.05) is 5.32 Å². The second-order valence-electron chi connectivity index (χ2n) is 16.7. The maximum Gasteiger partial charge on any atom is 0.303 e. The minimum Gasteiger partial charge on any atom is -0.481 e. The number of Topliss-reactive ketones (excluding diaryl/α,β-unsaturated/α-hetero) is 1. The molecule has 2 aliphatic heterocycles. The van der Waals surface area contributed by atoms with E-state index in [4.69, 9.17) is 5.11 Å². The van der Waals surface area contributed by atoms with E-state index in [0.717, 1.165) is 27.8 Å². The molecule has 0 saturated carbocycles. The molecule has 7 rings (SSSR count). The fourth-order valence-corrected chi connectivity index (χ4v) is 7.86. The van der Waals surface area contributed by atoms with Gasteiger partial charge in [0, 0.05) is 44.2 Å². The number of hydrogen-bond acceptors (Lipinski definition) is 7. The molecular formula is C53H57N5O8. The Morgan fingerprint density at radius 2 is 1.02 bits per heavy atom. The number of rotatable bonds is 15. The summed E-state index contributed by atoms with van der Waals surface area (Å²) in [6, 6.07) is 38.3. The average Bonchev–Trinajstić information content (AvgIpc) is 3.32. The molecule has 4 atom stereocenters. The van der Waals surface area contributed by atoms with Gasteiger partial charge in [0.2, 0.25) is 29.5 Å². The molecule has 0 aromatic heterocycles. The van der Waals surface area contributed by atoms with Crippen LogP contribution in [-0.2, 0) is 59.2 Å². The van der Waals surface area contributed by atoms with Crippen molar-refractivity contribution >= 4 is 47.0 Å². The monoisotopic (exact) mass is 891 g/mol. The Morgan fingerprint density at radius 3 is 1.65 bits per heavy atom. The van der Waals surface area contributed by atoms with Gasteiger partial charge in [-0.2, -0.15) is 0 Å². The molecule has 6 N–H and O–H groups in total. The number of carbonyl (C=O) groups excluding carboxylic acids is 6. The van der Waals surface area contributed by atoms with E-state index in [2.05, 4.69) is 26.6 Å². The van der Waals surface area contributed by atoms with Gasteiger partial charge < -0.3 is 31.7 Å². The predicted octanol–water partition coefficient (Wildman–Crippen LogP) is 6.29. The zero-order chi connectivity index (χ0) is 46.7. The van der Waals surface area contributed by atoms with Crippen molar-refractivity contribution in [2.24, 2.45) is 0 Å². The molecule has 66 heavy (non-hydrogen) atoms. The van der Waals surface area contributed by atoms with Crippen molar-refractivity contribution in [3.63, 3.8) is 0 Å². The molecule has 0 fully saturated rings. The number of fused-ring (bicyclic) bond motifs is 18. The summed E-state index contributed by atoms with van der Waals surface area (Å²) in [6.45, 7) is 0. The van der Waals surface area contributed by atoms with Gasteiger partial charge >= 0.3 is 5.97 Å². The van der Waals surface area contributed by atoms with E-state index in [0.29, 0.717) is 36.9 Å². The zero-order valence-corrected chi connectivity index (χ0v) is 36.9. The molecule has 342 valence electrons. The van der Waals surface area contributed by atoms with E-state index in [9.17, 15) is 33.6 Å². The lowest BCUT2D eigenvalue weighted by molar-refractivity contribution is -0.137. The van der Waals surface area contributed by atoms with Crippen molar-refractivity contribution < 1.29 is 38.7 Å². The van der Waals surface area contributed by atoms with Crippen LogP contribution in [0.2, 0.25) is 0 Å². The van der Waals surface area contributed by atoms with Crippen LogP contribution in [-0.4, -0.2) is 70.6 Å². The molecule has 2 bridgehead atoms. The van der Waals surface area contributed by atoms with Gasteiger partial charge in [-0.1, -0.05) is 134 Å². The molecule has 5 aromatic rings. The molecule has 0 radical (unpaired) electrons. The van der Waals surface area contributed by atoms with Gasteiger partial charge in [-0.05, 0) is 77.6 Å². The van der Waals surface area contributed by atoms with Crippen LogP contribution in [0.25, 0.3) is 11.1 Å². The number of amides is 5. The largest absolute Gasteiger partial charge is 0.481 e. The first-order chi connectivity index (χ1) is 32.0. The van der Waals surface area contributed by atoms with Gasteiger partial charge in [0.1, 0.15) is 18.1 Å². The van der Waals surface area contributed by atoms with Crippen LogP contribution in [0.3, 0.4) is 0 Å². The van der Waals surface area contributed by atoms with Crippen LogP contribution in [0.1, 0.15) is 73.6 Å². The Morgan fingerprint density at radius 1 is 0.500 bits per heavy atom. The summed E-state index contributed by atoms with van der Waals surface area (Å²) in [5.74, 6) is -4.00. The Hall–Kier alpha value is -7.41. The molecule has 13 nitrogen and oxygen atoms in total. The van der Waals surface area contributed by atoms with Gasteiger partial charge in [0.05, 0.1) is 6.04 Å². The number of aliphatic carboxylic acids is 1. The van der Waals surface area contributed by atoms with E-state index in [1.165, 1.54) is 0 Å². The van der Waals surface area contributed by atoms with E-state index in [1.54, 1.807) is 24.3 Å². The Balaban J connectivity index is 1.34. The highest BCUT2D eigenvalue weighted by Crippen LogP contribution is 2.21. The minimum absolute atomic E-state index is 0.0129. The number of hydrogen-bond donors (Lipinski definition) is 6. The van der Waals surface area contributed by atoms with Crippen LogP contribution in [0, 0.1) is 0 Å². The van der Waals surface area contributed by atoms with Crippen LogP contribution in [0.5, 0.6) is 0 Å². The van der Waals surface area contributed by atoms with Crippen molar-refractivity contribution in [1.29, 1.82) is 0 Å². The SMILES string of the molecule is O=C(O)CCCCCC(=O)[C@@H]1Cc2ccc(cc2)NC(=O)CCC(=O)N[C@H](Cc2ccccc2)C(=O)N[C@@H](Cc2ccc(-c3ccccc3)cc2)C(=O)N[C@H](CCc2ccccc2)C(=O)N1. The molecule has 0 spiro atoms. The highest BCUT2D eigenvalue weighted by molar-refractivity contribution is 5.97. The number of carboxylic acid groups (broad SMARTS) is 1. The molecule has 2 heterocycles. The number of anilines is 1. The normalized spacial score (nSPS) is 18.7. The van der Waals surface area contributed by atoms with Gasteiger partial charge in [-0.25, -0.2) is 0 Å². The summed E-state index contributed by atoms with van der Waals surface area (Å²) in [5, 5.41) is 23.4. The van der Waals surface area contributed by atoms with Crippen LogP contribution < -0.4 is 26.6 Å². The number of ketones is 1. The second kappa shape index (κ2) is 24.6. The number of carbonyl (C=O) groups is 7. The molecular weight excluding hydrogens is 835 g/mol. The maximum absolute atomic E-state index is 14.7. The lowest BCUT2D eigenvalue weighted by Gasteiger charge is -2.27. The van der Waals surface area contributed by atoms with Gasteiger partial charge in [0.25, 0.3) is 0 Å². The summed E-state index contributed by atoms with van der Waals surface area (Å²) < 4.78 is 0. The third-order valence-electron chi connectivity index (χ3n) is 11.5. The molecule has 5 aromatic carbocycles. The lowest BCUT2D eigenvalue weighted by atomic mass is 9.97. The molecule has 0 unspecified atom stereocenters. The Bertz CT molecular complexity index is 2410. The molecule has 0 saturated heterocycles.